The van der Waals surface area contributed by atoms with Gasteiger partial charge in [-0.1, -0.05) is 38.3 Å². The smallest absolute Gasteiger partial charge is 0.232 e. The fraction of sp³-hybridized carbons (Fsp3) is 0.700. The van der Waals surface area contributed by atoms with Gasteiger partial charge >= 0.3 is 0 Å². The van der Waals surface area contributed by atoms with Gasteiger partial charge in [0.25, 0.3) is 0 Å². The number of sulfonamides is 1. The van der Waals surface area contributed by atoms with Crippen molar-refractivity contribution in [3.05, 3.63) is 29.8 Å². The predicted octanol–water partition coefficient (Wildman–Crippen LogP) is 4.33. The summed E-state index contributed by atoms with van der Waals surface area (Å²) >= 11 is 0. The molecule has 1 saturated carbocycles. The highest BCUT2D eigenvalue weighted by Gasteiger charge is 2.12. The van der Waals surface area contributed by atoms with Crippen LogP contribution in [0, 0.1) is 5.92 Å². The number of benzene rings is 1. The number of aryl methyl sites for hydroxylation is 1. The normalized spacial score (nSPS) is 16.0. The van der Waals surface area contributed by atoms with Crippen LogP contribution in [0.1, 0.15) is 63.9 Å². The summed E-state index contributed by atoms with van der Waals surface area (Å²) in [6.07, 6.45) is 10.9. The average Bonchev–Trinajstić information content (AvgIpc) is 2.59. The van der Waals surface area contributed by atoms with Crippen LogP contribution in [0.2, 0.25) is 0 Å². The lowest BCUT2D eigenvalue weighted by Crippen LogP contribution is -2.25. The van der Waals surface area contributed by atoms with E-state index in [0.29, 0.717) is 12.1 Å². The van der Waals surface area contributed by atoms with E-state index in [-0.39, 0.29) is 5.75 Å². The zero-order chi connectivity index (χ0) is 18.0. The number of hydrogen-bond donors (Lipinski definition) is 2. The largest absolute Gasteiger partial charge is 0.316 e. The molecule has 0 aromatic heterocycles. The van der Waals surface area contributed by atoms with E-state index < -0.39 is 10.0 Å². The molecule has 1 aromatic rings. The molecule has 1 aliphatic rings. The lowest BCUT2D eigenvalue weighted by Gasteiger charge is -2.21. The van der Waals surface area contributed by atoms with Gasteiger partial charge in [-0.2, -0.15) is 0 Å². The summed E-state index contributed by atoms with van der Waals surface area (Å²) in [7, 11) is -3.20. The van der Waals surface area contributed by atoms with Gasteiger partial charge in [-0.15, -0.1) is 0 Å². The summed E-state index contributed by atoms with van der Waals surface area (Å²) in [6.45, 7) is 4.13. The van der Waals surface area contributed by atoms with Crippen molar-refractivity contribution in [2.75, 3.05) is 23.6 Å². The molecular weight excluding hydrogens is 332 g/mol. The molecule has 1 aliphatic carbocycles. The molecule has 0 amide bonds. The Morgan fingerprint density at radius 3 is 2.68 bits per heavy atom. The Bertz CT molecular complexity index is 595. The first-order valence-electron chi connectivity index (χ1n) is 9.89. The van der Waals surface area contributed by atoms with Gasteiger partial charge in [0, 0.05) is 5.69 Å². The van der Waals surface area contributed by atoms with E-state index in [0.717, 1.165) is 25.3 Å². The molecule has 25 heavy (non-hydrogen) atoms. The number of nitrogens with one attached hydrogen (secondary N) is 2. The number of unbranched alkanes of at least 4 members (excludes halogenated alkanes) is 1. The van der Waals surface area contributed by atoms with Crippen LogP contribution in [0.15, 0.2) is 24.3 Å². The Morgan fingerprint density at radius 2 is 1.92 bits per heavy atom. The first-order chi connectivity index (χ1) is 12.1. The van der Waals surface area contributed by atoms with E-state index in [1.54, 1.807) is 0 Å². The fourth-order valence-electron chi connectivity index (χ4n) is 3.57. The third-order valence-electron chi connectivity index (χ3n) is 4.90. The lowest BCUT2D eigenvalue weighted by molar-refractivity contribution is 0.342. The standard InChI is InChI=1S/C20H34N2O2S/c1-2-15-25(23,24)22-20-13-8-12-18(16-20)9-6-7-14-21-17-19-10-4-3-5-11-19/h8,12-13,16,19,21-22H,2-7,9-11,14-15,17H2,1H3. The van der Waals surface area contributed by atoms with Gasteiger partial charge in [0.15, 0.2) is 0 Å². The van der Waals surface area contributed by atoms with Crippen LogP contribution >= 0.6 is 0 Å². The van der Waals surface area contributed by atoms with Crippen molar-refractivity contribution in [2.24, 2.45) is 5.92 Å². The molecule has 0 bridgehead atoms. The van der Waals surface area contributed by atoms with Crippen molar-refractivity contribution >= 4 is 15.7 Å². The topological polar surface area (TPSA) is 58.2 Å². The molecule has 1 aromatic carbocycles. The minimum atomic E-state index is -3.20. The highest BCUT2D eigenvalue weighted by molar-refractivity contribution is 7.92. The zero-order valence-corrected chi connectivity index (χ0v) is 16.4. The van der Waals surface area contributed by atoms with E-state index in [1.807, 2.05) is 25.1 Å². The van der Waals surface area contributed by atoms with Crippen LogP contribution in [-0.2, 0) is 16.4 Å². The molecule has 0 saturated heterocycles. The van der Waals surface area contributed by atoms with E-state index >= 15 is 0 Å². The van der Waals surface area contributed by atoms with Crippen molar-refractivity contribution in [3.8, 4) is 0 Å². The molecule has 0 spiro atoms. The van der Waals surface area contributed by atoms with Crippen LogP contribution in [0.3, 0.4) is 0 Å². The lowest BCUT2D eigenvalue weighted by atomic mass is 9.89. The van der Waals surface area contributed by atoms with Gasteiger partial charge in [0.05, 0.1) is 5.75 Å². The molecule has 1 fully saturated rings. The maximum absolute atomic E-state index is 11.9. The van der Waals surface area contributed by atoms with Gasteiger partial charge in [0.1, 0.15) is 0 Å². The molecule has 4 nitrogen and oxygen atoms in total. The third-order valence-corrected chi connectivity index (χ3v) is 6.39. The van der Waals surface area contributed by atoms with Crippen LogP contribution in [-0.4, -0.2) is 27.3 Å². The number of hydrogen-bond acceptors (Lipinski definition) is 3. The maximum atomic E-state index is 11.9. The first kappa shape index (κ1) is 20.2. The van der Waals surface area contributed by atoms with Crippen molar-refractivity contribution in [1.82, 2.24) is 5.32 Å². The molecular formula is C20H34N2O2S. The van der Waals surface area contributed by atoms with Crippen LogP contribution in [0.4, 0.5) is 5.69 Å². The van der Waals surface area contributed by atoms with Crippen molar-refractivity contribution in [3.63, 3.8) is 0 Å². The van der Waals surface area contributed by atoms with Crippen molar-refractivity contribution < 1.29 is 8.42 Å². The maximum Gasteiger partial charge on any atom is 0.232 e. The van der Waals surface area contributed by atoms with E-state index in [4.69, 9.17) is 0 Å². The molecule has 0 radical (unpaired) electrons. The zero-order valence-electron chi connectivity index (χ0n) is 15.6. The highest BCUT2D eigenvalue weighted by atomic mass is 32.2. The Kier molecular flexibility index (Phi) is 8.76. The Labute approximate surface area is 153 Å². The Balaban J connectivity index is 1.64. The molecule has 142 valence electrons. The summed E-state index contributed by atoms with van der Waals surface area (Å²) in [4.78, 5) is 0. The molecule has 0 aliphatic heterocycles. The van der Waals surface area contributed by atoms with Gasteiger partial charge in [-0.3, -0.25) is 4.72 Å². The minimum Gasteiger partial charge on any atom is -0.316 e. The van der Waals surface area contributed by atoms with Gasteiger partial charge in [-0.25, -0.2) is 8.42 Å². The molecule has 2 rings (SSSR count). The second-order valence-electron chi connectivity index (χ2n) is 7.29. The summed E-state index contributed by atoms with van der Waals surface area (Å²) in [5.41, 5.74) is 1.88. The minimum absolute atomic E-state index is 0.171. The van der Waals surface area contributed by atoms with Crippen LogP contribution < -0.4 is 10.0 Å². The van der Waals surface area contributed by atoms with Gasteiger partial charge < -0.3 is 5.32 Å². The second-order valence-corrected chi connectivity index (χ2v) is 9.13. The first-order valence-corrected chi connectivity index (χ1v) is 11.5. The second kappa shape index (κ2) is 10.8. The van der Waals surface area contributed by atoms with Gasteiger partial charge in [0.2, 0.25) is 10.0 Å². The number of rotatable bonds is 11. The monoisotopic (exact) mass is 366 g/mol. The Hall–Kier alpha value is -1.07. The van der Waals surface area contributed by atoms with Crippen LogP contribution in [0.5, 0.6) is 0 Å². The van der Waals surface area contributed by atoms with Gasteiger partial charge in [-0.05, 0) is 75.2 Å². The summed E-state index contributed by atoms with van der Waals surface area (Å²) in [5.74, 6) is 1.06. The molecule has 5 heteroatoms. The quantitative estimate of drug-likeness (QED) is 0.573. The number of anilines is 1. The molecule has 0 atom stereocenters. The van der Waals surface area contributed by atoms with Crippen LogP contribution in [0.25, 0.3) is 0 Å². The third kappa shape index (κ3) is 8.23. The summed E-state index contributed by atoms with van der Waals surface area (Å²) in [5, 5.41) is 3.61. The van der Waals surface area contributed by atoms with E-state index in [9.17, 15) is 8.42 Å². The predicted molar refractivity (Wildman–Crippen MR) is 107 cm³/mol. The highest BCUT2D eigenvalue weighted by Crippen LogP contribution is 2.22. The molecule has 2 N–H and O–H groups in total. The van der Waals surface area contributed by atoms with E-state index in [2.05, 4.69) is 16.1 Å². The fourth-order valence-corrected chi connectivity index (χ4v) is 4.69. The summed E-state index contributed by atoms with van der Waals surface area (Å²) < 4.78 is 26.4. The van der Waals surface area contributed by atoms with Crippen molar-refractivity contribution in [2.45, 2.75) is 64.7 Å². The summed E-state index contributed by atoms with van der Waals surface area (Å²) in [6, 6.07) is 7.79. The van der Waals surface area contributed by atoms with E-state index in [1.165, 1.54) is 50.6 Å². The molecule has 0 heterocycles. The molecule has 0 unspecified atom stereocenters. The Morgan fingerprint density at radius 1 is 1.12 bits per heavy atom. The average molecular weight is 367 g/mol. The SMILES string of the molecule is CCCS(=O)(=O)Nc1cccc(CCCCNCC2CCCCC2)c1. The van der Waals surface area contributed by atoms with Crippen molar-refractivity contribution in [1.29, 1.82) is 0 Å².